The Bertz CT molecular complexity index is 1060. The number of rotatable bonds is 9. The minimum Gasteiger partial charge on any atom is -0.477 e. The van der Waals surface area contributed by atoms with E-state index < -0.39 is 48.3 Å². The van der Waals surface area contributed by atoms with Gasteiger partial charge in [0.2, 0.25) is 17.7 Å². The fourth-order valence-corrected chi connectivity index (χ4v) is 7.30. The van der Waals surface area contributed by atoms with Crippen molar-refractivity contribution >= 4 is 41.4 Å². The number of halogens is 2. The zero-order chi connectivity index (χ0) is 27.9. The van der Waals surface area contributed by atoms with Gasteiger partial charge in [0, 0.05) is 47.8 Å². The topological polar surface area (TPSA) is 174 Å². The lowest BCUT2D eigenvalue weighted by atomic mass is 9.78. The molecule has 4 amide bonds. The maximum Gasteiger partial charge on any atom is 0.353 e. The van der Waals surface area contributed by atoms with Gasteiger partial charge in [-0.2, -0.15) is 8.78 Å². The molecule has 4 aliphatic rings. The lowest BCUT2D eigenvalue weighted by Gasteiger charge is -2.47. The molecule has 0 spiro atoms. The molecule has 210 valence electrons. The molecule has 0 saturated carbocycles. The highest BCUT2D eigenvalue weighted by atomic mass is 32.2. The van der Waals surface area contributed by atoms with Gasteiger partial charge in [-0.15, -0.1) is 11.8 Å². The number of nitrogens with zero attached hydrogens (tertiary/aromatic N) is 2. The number of β-lactam (4-membered cyclic amide) rings is 1. The molecular weight excluding hydrogens is 526 g/mol. The summed E-state index contributed by atoms with van der Waals surface area (Å²) in [5.74, 6) is -4.84. The Morgan fingerprint density at radius 2 is 2.00 bits per heavy atom. The van der Waals surface area contributed by atoms with Crippen LogP contribution in [-0.4, -0.2) is 107 Å². The van der Waals surface area contributed by atoms with Gasteiger partial charge < -0.3 is 36.6 Å². The highest BCUT2D eigenvalue weighted by molar-refractivity contribution is 8.03. The van der Waals surface area contributed by atoms with E-state index in [1.807, 2.05) is 0 Å². The van der Waals surface area contributed by atoms with Crippen LogP contribution < -0.4 is 21.7 Å². The van der Waals surface area contributed by atoms with Crippen LogP contribution in [0.4, 0.5) is 8.78 Å². The van der Waals surface area contributed by atoms with E-state index in [1.54, 1.807) is 11.8 Å². The highest BCUT2D eigenvalue weighted by Crippen LogP contribution is 2.51. The second kappa shape index (κ2) is 11.1. The van der Waals surface area contributed by atoms with Gasteiger partial charge in [0.15, 0.2) is 0 Å². The van der Waals surface area contributed by atoms with Crippen molar-refractivity contribution in [3.8, 4) is 0 Å². The lowest BCUT2D eigenvalue weighted by Crippen LogP contribution is -2.66. The largest absolute Gasteiger partial charge is 0.477 e. The van der Waals surface area contributed by atoms with Gasteiger partial charge in [-0.25, -0.2) is 4.79 Å². The number of carboxylic acid groups (broad SMARTS) is 1. The van der Waals surface area contributed by atoms with Crippen LogP contribution in [0.2, 0.25) is 0 Å². The number of carbonyl (C=O) groups excluding carboxylic acids is 4. The van der Waals surface area contributed by atoms with Crippen molar-refractivity contribution in [2.75, 3.05) is 26.2 Å². The van der Waals surface area contributed by atoms with E-state index in [9.17, 15) is 37.9 Å². The van der Waals surface area contributed by atoms with Crippen LogP contribution in [0.3, 0.4) is 0 Å². The number of carboxylic acids is 1. The third-order valence-corrected chi connectivity index (χ3v) is 9.14. The third-order valence-electron chi connectivity index (χ3n) is 7.63. The maximum atomic E-state index is 13.0. The fraction of sp³-hybridized carbons (Fsp3) is 0.696. The van der Waals surface area contributed by atoms with E-state index in [0.717, 1.165) is 0 Å². The summed E-state index contributed by atoms with van der Waals surface area (Å²) < 4.78 is 25.4. The first-order valence-electron chi connectivity index (χ1n) is 12.5. The monoisotopic (exact) mass is 558 g/mol. The van der Waals surface area contributed by atoms with E-state index >= 15 is 0 Å². The Kier molecular flexibility index (Phi) is 8.28. The normalized spacial score (nSPS) is 31.4. The standard InChI is InChI=1S/C23H32F2N6O6S/c1-9-16-15(10(2)28-20(33)19(24)25)22(35)31(16)17(23(36)37)18(9)38-12-5-13(27-7-12)21(34)30-4-3-11(8-30)29-14(32)6-26/h9-13,15-16,19,27H,3-8,26H2,1-2H3,(H,28,33)(H,29,32)(H,36,37)/t9-,10-,11?,12+,13+,15-,16-/m1/s1. The van der Waals surface area contributed by atoms with Gasteiger partial charge in [-0.05, 0) is 19.8 Å². The van der Waals surface area contributed by atoms with Crippen LogP contribution in [0.5, 0.6) is 0 Å². The van der Waals surface area contributed by atoms with Crippen LogP contribution >= 0.6 is 11.8 Å². The summed E-state index contributed by atoms with van der Waals surface area (Å²) in [5.41, 5.74) is 5.20. The third kappa shape index (κ3) is 5.23. The Morgan fingerprint density at radius 1 is 1.29 bits per heavy atom. The van der Waals surface area contributed by atoms with Crippen molar-refractivity contribution in [3.63, 3.8) is 0 Å². The summed E-state index contributed by atoms with van der Waals surface area (Å²) in [6, 6.07) is -2.06. The number of aliphatic carboxylic acids is 1. The molecule has 15 heteroatoms. The summed E-state index contributed by atoms with van der Waals surface area (Å²) in [7, 11) is 0. The van der Waals surface area contributed by atoms with Crippen molar-refractivity contribution in [2.45, 2.75) is 62.5 Å². The Morgan fingerprint density at radius 3 is 2.63 bits per heavy atom. The molecule has 4 aliphatic heterocycles. The molecule has 1 unspecified atom stereocenters. The van der Waals surface area contributed by atoms with Crippen LogP contribution in [0.25, 0.3) is 0 Å². The number of thioether (sulfide) groups is 1. The molecule has 0 aromatic carbocycles. The number of hydrogen-bond acceptors (Lipinski definition) is 8. The summed E-state index contributed by atoms with van der Waals surface area (Å²) in [6.07, 6.45) is -2.13. The summed E-state index contributed by atoms with van der Waals surface area (Å²) in [5, 5.41) is 17.9. The van der Waals surface area contributed by atoms with Crippen LogP contribution in [0.1, 0.15) is 26.7 Å². The number of likely N-dealkylation sites (tertiary alicyclic amines) is 1. The van der Waals surface area contributed by atoms with Gasteiger partial charge in [0.1, 0.15) is 5.70 Å². The van der Waals surface area contributed by atoms with Gasteiger partial charge in [0.05, 0.1) is 24.5 Å². The van der Waals surface area contributed by atoms with Crippen molar-refractivity contribution in [1.82, 2.24) is 25.8 Å². The first-order chi connectivity index (χ1) is 17.9. The Hall–Kier alpha value is -2.78. The number of hydrogen-bond donors (Lipinski definition) is 5. The number of nitrogens with one attached hydrogen (secondary N) is 3. The number of fused-ring (bicyclic) bond motifs is 1. The second-order valence-corrected chi connectivity index (χ2v) is 11.4. The van der Waals surface area contributed by atoms with E-state index in [2.05, 4.69) is 16.0 Å². The van der Waals surface area contributed by atoms with E-state index in [1.165, 1.54) is 23.6 Å². The summed E-state index contributed by atoms with van der Waals surface area (Å²) in [4.78, 5) is 64.4. The zero-order valence-electron chi connectivity index (χ0n) is 21.0. The molecule has 6 N–H and O–H groups in total. The van der Waals surface area contributed by atoms with Crippen molar-refractivity contribution in [3.05, 3.63) is 10.6 Å². The molecule has 0 bridgehead atoms. The predicted octanol–water partition coefficient (Wildman–Crippen LogP) is -1.33. The van der Waals surface area contributed by atoms with E-state index in [-0.39, 0.29) is 41.3 Å². The van der Waals surface area contributed by atoms with Gasteiger partial charge in [-0.3, -0.25) is 19.2 Å². The van der Waals surface area contributed by atoms with Crippen LogP contribution in [0.15, 0.2) is 10.6 Å². The molecule has 3 saturated heterocycles. The SMILES string of the molecule is C[C@@H](NC(=O)C(F)F)[C@H]1C(=O)N2C(C(=O)O)=C(S[C@@H]3CN[C@H](C(=O)N4CCC(NC(=O)CN)C4)C3)[C@H](C)[C@H]12. The van der Waals surface area contributed by atoms with Gasteiger partial charge >= 0.3 is 12.4 Å². The molecule has 0 radical (unpaired) electrons. The van der Waals surface area contributed by atoms with Crippen LogP contribution in [-0.2, 0) is 24.0 Å². The molecule has 3 fully saturated rings. The first kappa shape index (κ1) is 28.2. The number of nitrogens with two attached hydrogens (primary N) is 1. The molecular formula is C23H32F2N6O6S. The maximum absolute atomic E-state index is 13.0. The van der Waals surface area contributed by atoms with Gasteiger partial charge in [0.25, 0.3) is 5.91 Å². The molecule has 7 atom stereocenters. The quantitative estimate of drug-likeness (QED) is 0.215. The summed E-state index contributed by atoms with van der Waals surface area (Å²) in [6.45, 7) is 4.48. The second-order valence-electron chi connectivity index (χ2n) is 10.1. The number of alkyl halides is 2. The molecule has 4 rings (SSSR count). The minimum absolute atomic E-state index is 0.0906. The lowest BCUT2D eigenvalue weighted by molar-refractivity contribution is -0.159. The van der Waals surface area contributed by atoms with Crippen molar-refractivity contribution in [2.24, 2.45) is 17.6 Å². The van der Waals surface area contributed by atoms with E-state index in [4.69, 9.17) is 5.73 Å². The van der Waals surface area contributed by atoms with Crippen LogP contribution in [0, 0.1) is 11.8 Å². The first-order valence-corrected chi connectivity index (χ1v) is 13.4. The number of carbonyl (C=O) groups is 5. The molecule has 38 heavy (non-hydrogen) atoms. The fourth-order valence-electron chi connectivity index (χ4n) is 5.82. The molecule has 0 aliphatic carbocycles. The minimum atomic E-state index is -3.22. The molecule has 0 aromatic heterocycles. The smallest absolute Gasteiger partial charge is 0.353 e. The average molecular weight is 559 g/mol. The molecule has 0 aromatic rings. The average Bonchev–Trinajstić information content (AvgIpc) is 3.57. The predicted molar refractivity (Wildman–Crippen MR) is 132 cm³/mol. The Balaban J connectivity index is 1.39. The highest BCUT2D eigenvalue weighted by Gasteiger charge is 2.60. The zero-order valence-corrected chi connectivity index (χ0v) is 21.8. The van der Waals surface area contributed by atoms with E-state index in [0.29, 0.717) is 37.4 Å². The molecule has 12 nitrogen and oxygen atoms in total. The summed E-state index contributed by atoms with van der Waals surface area (Å²) >= 11 is 1.31. The van der Waals surface area contributed by atoms with Crippen molar-refractivity contribution < 1.29 is 37.9 Å². The molecule has 4 heterocycles. The van der Waals surface area contributed by atoms with Crippen molar-refractivity contribution in [1.29, 1.82) is 0 Å². The Labute approximate surface area is 222 Å². The number of amides is 4. The van der Waals surface area contributed by atoms with Gasteiger partial charge in [-0.1, -0.05) is 6.92 Å².